The lowest BCUT2D eigenvalue weighted by molar-refractivity contribution is 1.08. The molecular formula is C11H7N5O. The zero-order valence-electron chi connectivity index (χ0n) is 8.61. The van der Waals surface area contributed by atoms with Crippen LogP contribution in [0.3, 0.4) is 0 Å². The Morgan fingerprint density at radius 3 is 2.76 bits per heavy atom. The van der Waals surface area contributed by atoms with E-state index in [4.69, 9.17) is 5.26 Å². The van der Waals surface area contributed by atoms with Crippen LogP contribution >= 0.6 is 0 Å². The van der Waals surface area contributed by atoms with Gasteiger partial charge in [0.1, 0.15) is 6.07 Å². The summed E-state index contributed by atoms with van der Waals surface area (Å²) in [5.41, 5.74) is 3.17. The molecule has 0 spiro atoms. The number of rotatable bonds is 1. The summed E-state index contributed by atoms with van der Waals surface area (Å²) >= 11 is 0. The summed E-state index contributed by atoms with van der Waals surface area (Å²) in [6.45, 7) is 0. The average Bonchev–Trinajstić information content (AvgIpc) is 2.92. The first-order valence-electron chi connectivity index (χ1n) is 4.94. The molecule has 2 heterocycles. The highest BCUT2D eigenvalue weighted by molar-refractivity contribution is 5.80. The Balaban J connectivity index is 2.17. The van der Waals surface area contributed by atoms with Crippen molar-refractivity contribution in [2.75, 3.05) is 0 Å². The Kier molecular flexibility index (Phi) is 1.86. The van der Waals surface area contributed by atoms with E-state index in [1.54, 1.807) is 12.1 Å². The molecule has 1 aromatic carbocycles. The molecule has 82 valence electrons. The van der Waals surface area contributed by atoms with Crippen molar-refractivity contribution >= 4 is 11.0 Å². The molecule has 3 rings (SSSR count). The molecule has 3 N–H and O–H groups in total. The fourth-order valence-corrected chi connectivity index (χ4v) is 1.73. The number of imidazole rings is 1. The van der Waals surface area contributed by atoms with Crippen LogP contribution in [-0.4, -0.2) is 20.2 Å². The second kappa shape index (κ2) is 3.35. The van der Waals surface area contributed by atoms with Crippen molar-refractivity contribution in [1.82, 2.24) is 20.2 Å². The Morgan fingerprint density at radius 1 is 1.18 bits per heavy atom. The van der Waals surface area contributed by atoms with Gasteiger partial charge in [0.25, 0.3) is 0 Å². The zero-order valence-corrected chi connectivity index (χ0v) is 8.61. The van der Waals surface area contributed by atoms with E-state index >= 15 is 0 Å². The van der Waals surface area contributed by atoms with E-state index in [9.17, 15) is 4.79 Å². The summed E-state index contributed by atoms with van der Waals surface area (Å²) in [6, 6.07) is 9.08. The van der Waals surface area contributed by atoms with E-state index in [0.717, 1.165) is 22.3 Å². The predicted molar refractivity (Wildman–Crippen MR) is 61.2 cm³/mol. The summed E-state index contributed by atoms with van der Waals surface area (Å²) in [4.78, 5) is 16.5. The Hall–Kier alpha value is -2.81. The van der Waals surface area contributed by atoms with Crippen LogP contribution in [0, 0.1) is 11.3 Å². The maximum atomic E-state index is 11.1. The SMILES string of the molecule is N#Cc1cc(-c2ccc3[nH]c(=O)[nH]c3c2)[nH]n1. The summed E-state index contributed by atoms with van der Waals surface area (Å²) in [5.74, 6) is 0. The van der Waals surface area contributed by atoms with Crippen molar-refractivity contribution < 1.29 is 0 Å². The fourth-order valence-electron chi connectivity index (χ4n) is 1.73. The fraction of sp³-hybridized carbons (Fsp3) is 0. The van der Waals surface area contributed by atoms with Gasteiger partial charge in [-0.15, -0.1) is 0 Å². The smallest absolute Gasteiger partial charge is 0.306 e. The molecule has 6 heteroatoms. The third kappa shape index (κ3) is 1.50. The molecule has 0 aliphatic rings. The Labute approximate surface area is 94.9 Å². The lowest BCUT2D eigenvalue weighted by Gasteiger charge is -1.96. The van der Waals surface area contributed by atoms with Gasteiger partial charge in [0, 0.05) is 11.6 Å². The largest absolute Gasteiger partial charge is 0.323 e. The molecule has 0 saturated heterocycles. The number of nitriles is 1. The number of nitrogens with one attached hydrogen (secondary N) is 3. The number of fused-ring (bicyclic) bond motifs is 1. The van der Waals surface area contributed by atoms with Crippen molar-refractivity contribution in [3.05, 3.63) is 40.4 Å². The molecule has 0 unspecified atom stereocenters. The second-order valence-electron chi connectivity index (χ2n) is 3.62. The monoisotopic (exact) mass is 225 g/mol. The van der Waals surface area contributed by atoms with Crippen molar-refractivity contribution in [2.24, 2.45) is 0 Å². The van der Waals surface area contributed by atoms with E-state index in [1.165, 1.54) is 0 Å². The molecule has 17 heavy (non-hydrogen) atoms. The highest BCUT2D eigenvalue weighted by Crippen LogP contribution is 2.20. The molecule has 0 amide bonds. The van der Waals surface area contributed by atoms with Crippen LogP contribution in [0.25, 0.3) is 22.3 Å². The van der Waals surface area contributed by atoms with Crippen LogP contribution in [0.5, 0.6) is 0 Å². The quantitative estimate of drug-likeness (QED) is 0.578. The number of hydrogen-bond acceptors (Lipinski definition) is 3. The first-order chi connectivity index (χ1) is 8.26. The number of aromatic amines is 3. The summed E-state index contributed by atoms with van der Waals surface area (Å²) in [5, 5.41) is 15.3. The highest BCUT2D eigenvalue weighted by Gasteiger charge is 2.05. The van der Waals surface area contributed by atoms with Crippen LogP contribution in [0.1, 0.15) is 5.69 Å². The van der Waals surface area contributed by atoms with Crippen molar-refractivity contribution in [3.63, 3.8) is 0 Å². The molecule has 0 radical (unpaired) electrons. The predicted octanol–water partition coefficient (Wildman–Crippen LogP) is 1.12. The first kappa shape index (κ1) is 9.42. The number of H-pyrrole nitrogens is 3. The topological polar surface area (TPSA) is 101 Å². The van der Waals surface area contributed by atoms with Crippen LogP contribution in [-0.2, 0) is 0 Å². The number of hydrogen-bond donors (Lipinski definition) is 3. The van der Waals surface area contributed by atoms with Gasteiger partial charge in [0.15, 0.2) is 5.69 Å². The first-order valence-corrected chi connectivity index (χ1v) is 4.94. The summed E-state index contributed by atoms with van der Waals surface area (Å²) in [6.07, 6.45) is 0. The Morgan fingerprint density at radius 2 is 2.00 bits per heavy atom. The lowest BCUT2D eigenvalue weighted by atomic mass is 10.1. The molecule has 3 aromatic rings. The number of nitrogens with zero attached hydrogens (tertiary/aromatic N) is 2. The van der Waals surface area contributed by atoms with Gasteiger partial charge in [-0.1, -0.05) is 6.07 Å². The van der Waals surface area contributed by atoms with Gasteiger partial charge in [0.05, 0.1) is 16.7 Å². The molecule has 0 aliphatic heterocycles. The summed E-state index contributed by atoms with van der Waals surface area (Å²) in [7, 11) is 0. The minimum absolute atomic E-state index is 0.237. The van der Waals surface area contributed by atoms with Gasteiger partial charge in [-0.05, 0) is 12.1 Å². The molecule has 0 atom stereocenters. The number of aromatic nitrogens is 4. The molecular weight excluding hydrogens is 218 g/mol. The van der Waals surface area contributed by atoms with Gasteiger partial charge in [0.2, 0.25) is 0 Å². The lowest BCUT2D eigenvalue weighted by Crippen LogP contribution is -1.99. The van der Waals surface area contributed by atoms with Crippen LogP contribution in [0.4, 0.5) is 0 Å². The van der Waals surface area contributed by atoms with Gasteiger partial charge < -0.3 is 9.97 Å². The van der Waals surface area contributed by atoms with Gasteiger partial charge >= 0.3 is 5.69 Å². The van der Waals surface area contributed by atoms with Crippen LogP contribution in [0.15, 0.2) is 29.1 Å². The zero-order chi connectivity index (χ0) is 11.8. The highest BCUT2D eigenvalue weighted by atomic mass is 16.1. The summed E-state index contributed by atoms with van der Waals surface area (Å²) < 4.78 is 0. The third-order valence-electron chi connectivity index (χ3n) is 2.52. The van der Waals surface area contributed by atoms with E-state index in [2.05, 4.69) is 20.2 Å². The van der Waals surface area contributed by atoms with E-state index in [1.807, 2.05) is 18.2 Å². The number of benzene rings is 1. The standard InChI is InChI=1S/C11H7N5O/c12-5-7-4-9(16-15-7)6-1-2-8-10(3-6)14-11(17)13-8/h1-4H,(H,15,16)(H2,13,14,17). The van der Waals surface area contributed by atoms with Crippen LogP contribution in [0.2, 0.25) is 0 Å². The average molecular weight is 225 g/mol. The maximum Gasteiger partial charge on any atom is 0.323 e. The van der Waals surface area contributed by atoms with Gasteiger partial charge in [-0.3, -0.25) is 5.10 Å². The van der Waals surface area contributed by atoms with Crippen molar-refractivity contribution in [1.29, 1.82) is 5.26 Å². The third-order valence-corrected chi connectivity index (χ3v) is 2.52. The van der Waals surface area contributed by atoms with Crippen molar-refractivity contribution in [2.45, 2.75) is 0 Å². The molecule has 2 aromatic heterocycles. The van der Waals surface area contributed by atoms with E-state index < -0.39 is 0 Å². The molecule has 0 fully saturated rings. The minimum Gasteiger partial charge on any atom is -0.306 e. The van der Waals surface area contributed by atoms with E-state index in [-0.39, 0.29) is 5.69 Å². The van der Waals surface area contributed by atoms with Crippen LogP contribution < -0.4 is 5.69 Å². The molecule has 0 aliphatic carbocycles. The van der Waals surface area contributed by atoms with Gasteiger partial charge in [-0.25, -0.2) is 4.79 Å². The van der Waals surface area contributed by atoms with E-state index in [0.29, 0.717) is 5.69 Å². The molecule has 0 bridgehead atoms. The minimum atomic E-state index is -0.237. The van der Waals surface area contributed by atoms with Crippen molar-refractivity contribution in [3.8, 4) is 17.3 Å². The molecule has 0 saturated carbocycles. The van der Waals surface area contributed by atoms with Gasteiger partial charge in [-0.2, -0.15) is 10.4 Å². The maximum absolute atomic E-state index is 11.1. The Bertz CT molecular complexity index is 786. The molecule has 6 nitrogen and oxygen atoms in total. The normalized spacial score (nSPS) is 10.5. The second-order valence-corrected chi connectivity index (χ2v) is 3.62.